The predicted molar refractivity (Wildman–Crippen MR) is 94.8 cm³/mol. The summed E-state index contributed by atoms with van der Waals surface area (Å²) in [7, 11) is 0. The fraction of sp³-hybridized carbons (Fsp3) is 0.316. The molecule has 0 saturated carbocycles. The summed E-state index contributed by atoms with van der Waals surface area (Å²) in [5.41, 5.74) is 9.30. The number of benzene rings is 2. The van der Waals surface area contributed by atoms with Gasteiger partial charge < -0.3 is 15.8 Å². The quantitative estimate of drug-likeness (QED) is 0.817. The molecule has 1 amide bonds. The fourth-order valence-electron chi connectivity index (χ4n) is 2.25. The first-order chi connectivity index (χ1) is 10.9. The van der Waals surface area contributed by atoms with Gasteiger partial charge in [0, 0.05) is 11.4 Å². The second-order valence-corrected chi connectivity index (χ2v) is 6.05. The normalized spacial score (nSPS) is 12.0. The lowest BCUT2D eigenvalue weighted by Gasteiger charge is -2.16. The average molecular weight is 312 g/mol. The monoisotopic (exact) mass is 312 g/mol. The summed E-state index contributed by atoms with van der Waals surface area (Å²) in [5, 5.41) is 2.87. The van der Waals surface area contributed by atoms with Crippen molar-refractivity contribution >= 4 is 17.3 Å². The van der Waals surface area contributed by atoms with Crippen molar-refractivity contribution in [3.05, 3.63) is 53.6 Å². The minimum atomic E-state index is -0.586. The molecule has 0 aromatic heterocycles. The molecule has 0 fully saturated rings. The largest absolute Gasteiger partial charge is 0.481 e. The summed E-state index contributed by atoms with van der Waals surface area (Å²) in [6, 6.07) is 13.2. The molecule has 0 saturated heterocycles. The fourth-order valence-corrected chi connectivity index (χ4v) is 2.25. The number of hydrogen-bond acceptors (Lipinski definition) is 3. The summed E-state index contributed by atoms with van der Waals surface area (Å²) < 4.78 is 5.71. The SMILES string of the molecule is Cc1cc(N)ccc1NC(=O)[C@H](C)Oc1ccc(C(C)C)cc1. The number of nitrogen functional groups attached to an aromatic ring is 1. The molecule has 0 aliphatic rings. The topological polar surface area (TPSA) is 64.3 Å². The second-order valence-electron chi connectivity index (χ2n) is 6.05. The van der Waals surface area contributed by atoms with Crippen LogP contribution in [-0.4, -0.2) is 12.0 Å². The molecule has 4 heteroatoms. The van der Waals surface area contributed by atoms with Crippen LogP contribution < -0.4 is 15.8 Å². The second kappa shape index (κ2) is 7.18. The van der Waals surface area contributed by atoms with Crippen molar-refractivity contribution in [1.29, 1.82) is 0 Å². The summed E-state index contributed by atoms with van der Waals surface area (Å²) >= 11 is 0. The van der Waals surface area contributed by atoms with Crippen LogP contribution in [0.3, 0.4) is 0 Å². The molecule has 0 spiro atoms. The Balaban J connectivity index is 1.99. The van der Waals surface area contributed by atoms with Crippen molar-refractivity contribution in [2.75, 3.05) is 11.1 Å². The van der Waals surface area contributed by atoms with E-state index >= 15 is 0 Å². The number of rotatable bonds is 5. The zero-order valence-corrected chi connectivity index (χ0v) is 14.1. The number of ether oxygens (including phenoxy) is 1. The molecule has 23 heavy (non-hydrogen) atoms. The van der Waals surface area contributed by atoms with Crippen LogP contribution in [0.2, 0.25) is 0 Å². The number of hydrogen-bond donors (Lipinski definition) is 2. The van der Waals surface area contributed by atoms with Crippen molar-refractivity contribution in [1.82, 2.24) is 0 Å². The van der Waals surface area contributed by atoms with Crippen LogP contribution in [0.4, 0.5) is 11.4 Å². The molecule has 0 aliphatic heterocycles. The van der Waals surface area contributed by atoms with E-state index in [0.29, 0.717) is 17.4 Å². The Bertz CT molecular complexity index is 678. The van der Waals surface area contributed by atoms with Gasteiger partial charge >= 0.3 is 0 Å². The van der Waals surface area contributed by atoms with Gasteiger partial charge in [0.05, 0.1) is 0 Å². The minimum Gasteiger partial charge on any atom is -0.481 e. The van der Waals surface area contributed by atoms with Gasteiger partial charge in [-0.05, 0) is 61.2 Å². The standard InChI is InChI=1S/C19H24N2O2/c1-12(2)15-5-8-17(9-6-15)23-14(4)19(22)21-18-10-7-16(20)11-13(18)3/h5-12,14H,20H2,1-4H3,(H,21,22)/t14-/m0/s1. The molecule has 2 aromatic rings. The molecule has 1 atom stereocenters. The number of amides is 1. The smallest absolute Gasteiger partial charge is 0.265 e. The molecule has 0 bridgehead atoms. The van der Waals surface area contributed by atoms with E-state index in [1.807, 2.05) is 37.3 Å². The highest BCUT2D eigenvalue weighted by atomic mass is 16.5. The number of anilines is 2. The van der Waals surface area contributed by atoms with Crippen LogP contribution in [0.15, 0.2) is 42.5 Å². The first kappa shape index (κ1) is 16.9. The van der Waals surface area contributed by atoms with Crippen LogP contribution in [0.5, 0.6) is 5.75 Å². The maximum atomic E-state index is 12.3. The lowest BCUT2D eigenvalue weighted by atomic mass is 10.0. The third-order valence-corrected chi connectivity index (χ3v) is 3.74. The van der Waals surface area contributed by atoms with E-state index in [1.165, 1.54) is 5.56 Å². The van der Waals surface area contributed by atoms with Gasteiger partial charge in [-0.1, -0.05) is 26.0 Å². The Morgan fingerprint density at radius 3 is 2.30 bits per heavy atom. The Morgan fingerprint density at radius 1 is 1.09 bits per heavy atom. The summed E-state index contributed by atoms with van der Waals surface area (Å²) in [5.74, 6) is 0.968. The number of carbonyl (C=O) groups excluding carboxylic acids is 1. The first-order valence-electron chi connectivity index (χ1n) is 7.80. The molecular formula is C19H24N2O2. The molecule has 2 rings (SSSR count). The molecule has 0 radical (unpaired) electrons. The number of nitrogens with one attached hydrogen (secondary N) is 1. The zero-order valence-electron chi connectivity index (χ0n) is 14.1. The molecule has 0 aliphatic carbocycles. The van der Waals surface area contributed by atoms with Crippen molar-refractivity contribution in [2.45, 2.75) is 39.7 Å². The number of aryl methyl sites for hydroxylation is 1. The van der Waals surface area contributed by atoms with Gasteiger partial charge in [0.1, 0.15) is 5.75 Å². The number of carbonyl (C=O) groups is 1. The molecule has 0 heterocycles. The number of nitrogens with two attached hydrogens (primary N) is 1. The minimum absolute atomic E-state index is 0.189. The van der Waals surface area contributed by atoms with E-state index in [4.69, 9.17) is 10.5 Å². The van der Waals surface area contributed by atoms with Gasteiger partial charge in [0.15, 0.2) is 6.10 Å². The summed E-state index contributed by atoms with van der Waals surface area (Å²) in [6.07, 6.45) is -0.586. The highest BCUT2D eigenvalue weighted by Crippen LogP contribution is 2.21. The van der Waals surface area contributed by atoms with Crippen LogP contribution in [-0.2, 0) is 4.79 Å². The lowest BCUT2D eigenvalue weighted by molar-refractivity contribution is -0.122. The highest BCUT2D eigenvalue weighted by Gasteiger charge is 2.16. The average Bonchev–Trinajstić information content (AvgIpc) is 2.50. The van der Waals surface area contributed by atoms with E-state index in [1.54, 1.807) is 19.1 Å². The van der Waals surface area contributed by atoms with Gasteiger partial charge in [0.2, 0.25) is 0 Å². The van der Waals surface area contributed by atoms with E-state index in [-0.39, 0.29) is 5.91 Å². The zero-order chi connectivity index (χ0) is 17.0. The van der Waals surface area contributed by atoms with Gasteiger partial charge in [-0.2, -0.15) is 0 Å². The van der Waals surface area contributed by atoms with E-state index in [2.05, 4.69) is 19.2 Å². The van der Waals surface area contributed by atoms with Crippen molar-refractivity contribution < 1.29 is 9.53 Å². The first-order valence-corrected chi connectivity index (χ1v) is 7.80. The molecule has 3 N–H and O–H groups in total. The van der Waals surface area contributed by atoms with Crippen molar-refractivity contribution in [3.63, 3.8) is 0 Å². The van der Waals surface area contributed by atoms with Crippen LogP contribution in [0, 0.1) is 6.92 Å². The van der Waals surface area contributed by atoms with E-state index in [0.717, 1.165) is 11.3 Å². The van der Waals surface area contributed by atoms with Gasteiger partial charge in [-0.3, -0.25) is 4.79 Å². The van der Waals surface area contributed by atoms with Crippen LogP contribution in [0.1, 0.15) is 37.8 Å². The Labute approximate surface area is 137 Å². The van der Waals surface area contributed by atoms with E-state index in [9.17, 15) is 4.79 Å². The lowest BCUT2D eigenvalue weighted by Crippen LogP contribution is -2.30. The third kappa shape index (κ3) is 4.49. The highest BCUT2D eigenvalue weighted by molar-refractivity contribution is 5.94. The van der Waals surface area contributed by atoms with Crippen LogP contribution >= 0.6 is 0 Å². The van der Waals surface area contributed by atoms with Crippen molar-refractivity contribution in [2.24, 2.45) is 0 Å². The van der Waals surface area contributed by atoms with Crippen LogP contribution in [0.25, 0.3) is 0 Å². The maximum Gasteiger partial charge on any atom is 0.265 e. The third-order valence-electron chi connectivity index (χ3n) is 3.74. The molecule has 0 unspecified atom stereocenters. The summed E-state index contributed by atoms with van der Waals surface area (Å²) in [4.78, 5) is 12.3. The van der Waals surface area contributed by atoms with Gasteiger partial charge in [0.25, 0.3) is 5.91 Å². The summed E-state index contributed by atoms with van der Waals surface area (Å²) in [6.45, 7) is 7.92. The Morgan fingerprint density at radius 2 is 1.74 bits per heavy atom. The van der Waals surface area contributed by atoms with E-state index < -0.39 is 6.10 Å². The van der Waals surface area contributed by atoms with Gasteiger partial charge in [-0.25, -0.2) is 0 Å². The maximum absolute atomic E-state index is 12.3. The molecule has 2 aromatic carbocycles. The Kier molecular flexibility index (Phi) is 5.27. The molecule has 122 valence electrons. The Hall–Kier alpha value is -2.49. The molecular weight excluding hydrogens is 288 g/mol. The van der Waals surface area contributed by atoms with Gasteiger partial charge in [-0.15, -0.1) is 0 Å². The predicted octanol–water partition coefficient (Wildman–Crippen LogP) is 4.11. The van der Waals surface area contributed by atoms with Crippen molar-refractivity contribution in [3.8, 4) is 5.75 Å². The molecule has 4 nitrogen and oxygen atoms in total.